The van der Waals surface area contributed by atoms with E-state index in [0.29, 0.717) is 5.92 Å². The number of hydrogen-bond acceptors (Lipinski definition) is 3. The van der Waals surface area contributed by atoms with Crippen LogP contribution in [-0.4, -0.2) is 29.5 Å². The lowest BCUT2D eigenvalue weighted by Crippen LogP contribution is -2.37. The van der Waals surface area contributed by atoms with Crippen LogP contribution < -0.4 is 9.80 Å². The SMILES string of the molecule is CC(C)CN(C(=O)C(C)C)c1cccc(N(C)Cc2cnc[nH]2)c1. The van der Waals surface area contributed by atoms with E-state index in [1.807, 2.05) is 44.1 Å². The number of hydrogen-bond donors (Lipinski definition) is 1. The van der Waals surface area contributed by atoms with Gasteiger partial charge in [-0.25, -0.2) is 4.98 Å². The summed E-state index contributed by atoms with van der Waals surface area (Å²) in [5, 5.41) is 0. The van der Waals surface area contributed by atoms with Crippen LogP contribution in [0.5, 0.6) is 0 Å². The number of carbonyl (C=O) groups is 1. The van der Waals surface area contributed by atoms with Crippen molar-refractivity contribution in [3.63, 3.8) is 0 Å². The molecule has 0 bridgehead atoms. The molecule has 0 aliphatic carbocycles. The second kappa shape index (κ2) is 7.99. The third kappa shape index (κ3) is 4.60. The topological polar surface area (TPSA) is 52.2 Å². The van der Waals surface area contributed by atoms with Gasteiger partial charge in [0, 0.05) is 37.1 Å². The Hall–Kier alpha value is -2.30. The first-order valence-electron chi connectivity index (χ1n) is 8.48. The summed E-state index contributed by atoms with van der Waals surface area (Å²) in [7, 11) is 2.04. The summed E-state index contributed by atoms with van der Waals surface area (Å²) in [4.78, 5) is 23.8. The van der Waals surface area contributed by atoms with Gasteiger partial charge in [0.2, 0.25) is 5.91 Å². The minimum absolute atomic E-state index is 0.0184. The Kier molecular flexibility index (Phi) is 6.01. The maximum absolute atomic E-state index is 12.6. The van der Waals surface area contributed by atoms with Crippen molar-refractivity contribution in [2.75, 3.05) is 23.4 Å². The molecular weight excluding hydrogens is 300 g/mol. The summed E-state index contributed by atoms with van der Waals surface area (Å²) in [6.45, 7) is 9.63. The predicted octanol–water partition coefficient (Wildman–Crippen LogP) is 3.69. The fourth-order valence-electron chi connectivity index (χ4n) is 2.62. The van der Waals surface area contributed by atoms with Gasteiger partial charge in [-0.1, -0.05) is 33.8 Å². The van der Waals surface area contributed by atoms with E-state index in [4.69, 9.17) is 0 Å². The highest BCUT2D eigenvalue weighted by Gasteiger charge is 2.20. The molecule has 2 aromatic rings. The van der Waals surface area contributed by atoms with Crippen molar-refractivity contribution in [3.8, 4) is 0 Å². The van der Waals surface area contributed by atoms with Crippen LogP contribution in [-0.2, 0) is 11.3 Å². The third-order valence-electron chi connectivity index (χ3n) is 3.85. The van der Waals surface area contributed by atoms with E-state index in [1.165, 1.54) is 0 Å². The number of nitrogens with zero attached hydrogens (tertiary/aromatic N) is 3. The highest BCUT2D eigenvalue weighted by Crippen LogP contribution is 2.25. The zero-order valence-corrected chi connectivity index (χ0v) is 15.3. The molecule has 0 radical (unpaired) electrons. The van der Waals surface area contributed by atoms with Crippen LogP contribution in [0.4, 0.5) is 11.4 Å². The normalized spacial score (nSPS) is 11.1. The van der Waals surface area contributed by atoms with E-state index < -0.39 is 0 Å². The molecule has 1 aromatic carbocycles. The maximum Gasteiger partial charge on any atom is 0.229 e. The zero-order valence-electron chi connectivity index (χ0n) is 15.3. The van der Waals surface area contributed by atoms with Crippen LogP contribution >= 0.6 is 0 Å². The van der Waals surface area contributed by atoms with E-state index in [2.05, 4.69) is 40.8 Å². The van der Waals surface area contributed by atoms with E-state index in [9.17, 15) is 4.79 Å². The first kappa shape index (κ1) is 18.0. The van der Waals surface area contributed by atoms with E-state index >= 15 is 0 Å². The molecule has 2 rings (SSSR count). The first-order chi connectivity index (χ1) is 11.4. The minimum Gasteiger partial charge on any atom is -0.369 e. The lowest BCUT2D eigenvalue weighted by Gasteiger charge is -2.28. The van der Waals surface area contributed by atoms with Crippen molar-refractivity contribution in [1.29, 1.82) is 0 Å². The Labute approximate surface area is 144 Å². The summed E-state index contributed by atoms with van der Waals surface area (Å²) >= 11 is 0. The van der Waals surface area contributed by atoms with Gasteiger partial charge in [-0.2, -0.15) is 0 Å². The molecule has 0 aliphatic heterocycles. The summed E-state index contributed by atoms with van der Waals surface area (Å²) in [6, 6.07) is 8.16. The number of carbonyl (C=O) groups excluding carboxylic acids is 1. The Bertz CT molecular complexity index is 649. The molecule has 0 aliphatic rings. The van der Waals surface area contributed by atoms with Crippen LogP contribution in [0, 0.1) is 11.8 Å². The molecule has 0 spiro atoms. The van der Waals surface area contributed by atoms with Crippen LogP contribution in [0.1, 0.15) is 33.4 Å². The number of rotatable bonds is 7. The van der Waals surface area contributed by atoms with Gasteiger partial charge in [0.05, 0.1) is 18.6 Å². The summed E-state index contributed by atoms with van der Waals surface area (Å²) in [5.74, 6) is 0.561. The van der Waals surface area contributed by atoms with Crippen LogP contribution in [0.3, 0.4) is 0 Å². The number of aromatic amines is 1. The molecule has 1 amide bonds. The minimum atomic E-state index is -0.0184. The molecule has 0 saturated heterocycles. The molecule has 1 aromatic heterocycles. The molecule has 0 unspecified atom stereocenters. The summed E-state index contributed by atoms with van der Waals surface area (Å²) < 4.78 is 0. The average Bonchev–Trinajstić information content (AvgIpc) is 3.04. The quantitative estimate of drug-likeness (QED) is 0.843. The maximum atomic E-state index is 12.6. The molecule has 5 nitrogen and oxygen atoms in total. The Morgan fingerprint density at radius 1 is 1.21 bits per heavy atom. The van der Waals surface area contributed by atoms with Crippen molar-refractivity contribution in [3.05, 3.63) is 42.5 Å². The van der Waals surface area contributed by atoms with Gasteiger partial charge < -0.3 is 14.8 Å². The largest absolute Gasteiger partial charge is 0.369 e. The van der Waals surface area contributed by atoms with Gasteiger partial charge in [0.15, 0.2) is 0 Å². The Morgan fingerprint density at radius 3 is 2.50 bits per heavy atom. The van der Waals surface area contributed by atoms with Gasteiger partial charge in [0.1, 0.15) is 0 Å². The number of nitrogens with one attached hydrogen (secondary N) is 1. The Morgan fingerprint density at radius 2 is 1.92 bits per heavy atom. The second-order valence-corrected chi connectivity index (χ2v) is 6.95. The van der Waals surface area contributed by atoms with E-state index in [1.54, 1.807) is 6.33 Å². The third-order valence-corrected chi connectivity index (χ3v) is 3.85. The predicted molar refractivity (Wildman–Crippen MR) is 99.2 cm³/mol. The zero-order chi connectivity index (χ0) is 17.7. The first-order valence-corrected chi connectivity index (χ1v) is 8.48. The van der Waals surface area contributed by atoms with Crippen molar-refractivity contribution < 1.29 is 4.79 Å². The number of H-pyrrole nitrogens is 1. The Balaban J connectivity index is 2.24. The van der Waals surface area contributed by atoms with Crippen LogP contribution in [0.15, 0.2) is 36.8 Å². The van der Waals surface area contributed by atoms with Gasteiger partial charge in [0.25, 0.3) is 0 Å². The van der Waals surface area contributed by atoms with Crippen molar-refractivity contribution >= 4 is 17.3 Å². The van der Waals surface area contributed by atoms with Gasteiger partial charge in [-0.15, -0.1) is 0 Å². The number of amides is 1. The van der Waals surface area contributed by atoms with Gasteiger partial charge >= 0.3 is 0 Å². The average molecular weight is 328 g/mol. The molecule has 1 heterocycles. The number of anilines is 2. The summed E-state index contributed by atoms with van der Waals surface area (Å²) in [6.07, 6.45) is 3.51. The van der Waals surface area contributed by atoms with Crippen LogP contribution in [0.2, 0.25) is 0 Å². The molecule has 1 N–H and O–H groups in total. The van der Waals surface area contributed by atoms with E-state index in [-0.39, 0.29) is 11.8 Å². The van der Waals surface area contributed by atoms with Crippen molar-refractivity contribution in [2.45, 2.75) is 34.2 Å². The standard InChI is InChI=1S/C19H28N4O/c1-14(2)11-23(19(24)15(3)4)18-8-6-7-17(9-18)22(5)12-16-10-20-13-21-16/h6-10,13-15H,11-12H2,1-5H3,(H,20,21). The molecule has 0 saturated carbocycles. The molecule has 0 fully saturated rings. The molecule has 24 heavy (non-hydrogen) atoms. The van der Waals surface area contributed by atoms with Crippen LogP contribution in [0.25, 0.3) is 0 Å². The summed E-state index contributed by atoms with van der Waals surface area (Å²) in [5.41, 5.74) is 3.09. The number of imidazole rings is 1. The molecule has 5 heteroatoms. The highest BCUT2D eigenvalue weighted by atomic mass is 16.2. The van der Waals surface area contributed by atoms with Crippen molar-refractivity contribution in [2.24, 2.45) is 11.8 Å². The monoisotopic (exact) mass is 328 g/mol. The molecule has 0 atom stereocenters. The highest BCUT2D eigenvalue weighted by molar-refractivity contribution is 5.95. The smallest absolute Gasteiger partial charge is 0.229 e. The fraction of sp³-hybridized carbons (Fsp3) is 0.474. The lowest BCUT2D eigenvalue weighted by molar-refractivity contribution is -0.121. The van der Waals surface area contributed by atoms with E-state index in [0.717, 1.165) is 30.2 Å². The van der Waals surface area contributed by atoms with Gasteiger partial charge in [-0.3, -0.25) is 4.79 Å². The molecular formula is C19H28N4O. The van der Waals surface area contributed by atoms with Gasteiger partial charge in [-0.05, 0) is 24.1 Å². The fourth-order valence-corrected chi connectivity index (χ4v) is 2.62. The van der Waals surface area contributed by atoms with Crippen molar-refractivity contribution in [1.82, 2.24) is 9.97 Å². The lowest BCUT2D eigenvalue weighted by atomic mass is 10.1. The number of benzene rings is 1. The second-order valence-electron chi connectivity index (χ2n) is 6.95. The molecule has 130 valence electrons. The number of aromatic nitrogens is 2.